The van der Waals surface area contributed by atoms with Gasteiger partial charge >= 0.3 is 0 Å². The van der Waals surface area contributed by atoms with Gasteiger partial charge in [0.1, 0.15) is 0 Å². The molecule has 0 aromatic rings. The average Bonchev–Trinajstić information content (AvgIpc) is 3.27. The van der Waals surface area contributed by atoms with Crippen molar-refractivity contribution < 1.29 is 0 Å². The van der Waals surface area contributed by atoms with Crippen LogP contribution in [0.4, 0.5) is 0 Å². The lowest BCUT2D eigenvalue weighted by Gasteiger charge is -2.37. The highest BCUT2D eigenvalue weighted by Gasteiger charge is 2.30. The topological polar surface area (TPSA) is 46.1 Å². The molecule has 0 aromatic carbocycles. The summed E-state index contributed by atoms with van der Waals surface area (Å²) in [4.78, 5) is 12.5. The third-order valence-corrected chi connectivity index (χ3v) is 6.19. The normalized spacial score (nSPS) is 29.7. The molecular weight excluding hydrogens is 439 g/mol. The lowest BCUT2D eigenvalue weighted by atomic mass is 10.2. The Morgan fingerprint density at radius 2 is 1.81 bits per heavy atom. The lowest BCUT2D eigenvalue weighted by molar-refractivity contribution is 0.119. The molecular formula is C19H39IN6. The Hall–Kier alpha value is -0.120. The van der Waals surface area contributed by atoms with Gasteiger partial charge in [-0.3, -0.25) is 14.8 Å². The fraction of sp³-hybridized carbons (Fsp3) is 0.947. The predicted molar refractivity (Wildman–Crippen MR) is 121 cm³/mol. The molecule has 3 rings (SSSR count). The Kier molecular flexibility index (Phi) is 9.40. The predicted octanol–water partition coefficient (Wildman–Crippen LogP) is 1.42. The van der Waals surface area contributed by atoms with Gasteiger partial charge in [0, 0.05) is 57.4 Å². The molecule has 2 N–H and O–H groups in total. The molecule has 0 radical (unpaired) electrons. The highest BCUT2D eigenvalue weighted by Crippen LogP contribution is 2.26. The molecule has 0 bridgehead atoms. The maximum atomic E-state index is 4.92. The van der Waals surface area contributed by atoms with Crippen LogP contribution in [0.1, 0.15) is 39.0 Å². The monoisotopic (exact) mass is 478 g/mol. The smallest absolute Gasteiger partial charge is 0.191 e. The number of likely N-dealkylation sites (tertiary alicyclic amines) is 1. The van der Waals surface area contributed by atoms with Crippen LogP contribution >= 0.6 is 24.0 Å². The largest absolute Gasteiger partial charge is 0.357 e. The van der Waals surface area contributed by atoms with Crippen molar-refractivity contribution >= 4 is 29.9 Å². The van der Waals surface area contributed by atoms with Gasteiger partial charge in [0.2, 0.25) is 0 Å². The van der Waals surface area contributed by atoms with Gasteiger partial charge in [0.05, 0.1) is 6.54 Å². The van der Waals surface area contributed by atoms with Crippen LogP contribution in [-0.4, -0.2) is 98.7 Å². The first-order valence-corrected chi connectivity index (χ1v) is 10.3. The number of rotatable bonds is 5. The summed E-state index contributed by atoms with van der Waals surface area (Å²) < 4.78 is 0. The number of nitrogens with one attached hydrogen (secondary N) is 2. The Bertz CT molecular complexity index is 440. The number of nitrogens with zero attached hydrogens (tertiary/aromatic N) is 4. The van der Waals surface area contributed by atoms with Gasteiger partial charge < -0.3 is 15.5 Å². The number of likely N-dealkylation sites (N-methyl/N-ethyl adjacent to an activating group) is 2. The van der Waals surface area contributed by atoms with Crippen molar-refractivity contribution in [2.45, 2.75) is 57.2 Å². The van der Waals surface area contributed by atoms with Crippen LogP contribution in [-0.2, 0) is 0 Å². The molecule has 2 atom stereocenters. The summed E-state index contributed by atoms with van der Waals surface area (Å²) in [5, 5.41) is 7.15. The Balaban J connectivity index is 0.00000243. The highest BCUT2D eigenvalue weighted by atomic mass is 127. The van der Waals surface area contributed by atoms with Gasteiger partial charge in [0.15, 0.2) is 5.96 Å². The van der Waals surface area contributed by atoms with Gasteiger partial charge in [-0.2, -0.15) is 0 Å². The van der Waals surface area contributed by atoms with E-state index in [9.17, 15) is 0 Å². The standard InChI is InChI=1S/C19H38N6.HI/c1-4-20-19(21-13-18-15-23(2)11-12-24(18)3)22-16-9-10-25(14-16)17-7-5-6-8-17;/h16-18H,4-15H2,1-3H3,(H2,20,21,22);1H. The number of halogens is 1. The zero-order valence-electron chi connectivity index (χ0n) is 16.9. The van der Waals surface area contributed by atoms with E-state index in [4.69, 9.17) is 4.99 Å². The molecule has 3 fully saturated rings. The Labute approximate surface area is 177 Å². The second kappa shape index (κ2) is 11.0. The first kappa shape index (κ1) is 22.2. The summed E-state index contributed by atoms with van der Waals surface area (Å²) in [6, 6.07) is 1.91. The number of guanidine groups is 1. The molecule has 2 unspecified atom stereocenters. The minimum atomic E-state index is 0. The molecule has 0 spiro atoms. The summed E-state index contributed by atoms with van der Waals surface area (Å²) in [7, 11) is 4.44. The molecule has 1 saturated carbocycles. The molecule has 152 valence electrons. The van der Waals surface area contributed by atoms with Crippen LogP contribution in [0, 0.1) is 0 Å². The van der Waals surface area contributed by atoms with Crippen molar-refractivity contribution in [2.24, 2.45) is 4.99 Å². The SMILES string of the molecule is CCNC(=NCC1CN(C)CCN1C)NC1CCN(C2CCCC2)C1.I. The maximum absolute atomic E-state index is 4.92. The van der Waals surface area contributed by atoms with Crippen LogP contribution in [0.3, 0.4) is 0 Å². The average molecular weight is 478 g/mol. The quantitative estimate of drug-likeness (QED) is 0.356. The molecule has 7 heteroatoms. The molecule has 26 heavy (non-hydrogen) atoms. The molecule has 2 heterocycles. The second-order valence-electron chi connectivity index (χ2n) is 8.18. The molecule has 3 aliphatic rings. The van der Waals surface area contributed by atoms with Crippen LogP contribution in [0.5, 0.6) is 0 Å². The van der Waals surface area contributed by atoms with Crippen molar-refractivity contribution in [3.05, 3.63) is 0 Å². The van der Waals surface area contributed by atoms with Crippen LogP contribution in [0.15, 0.2) is 4.99 Å². The molecule has 6 nitrogen and oxygen atoms in total. The number of hydrogen-bond donors (Lipinski definition) is 2. The molecule has 1 aliphatic carbocycles. The third kappa shape index (κ3) is 6.21. The van der Waals surface area contributed by atoms with E-state index in [1.165, 1.54) is 45.2 Å². The molecule has 2 saturated heterocycles. The number of piperazine rings is 1. The summed E-state index contributed by atoms with van der Waals surface area (Å²) >= 11 is 0. The Morgan fingerprint density at radius 3 is 2.54 bits per heavy atom. The first-order chi connectivity index (χ1) is 12.2. The van der Waals surface area contributed by atoms with E-state index in [0.29, 0.717) is 12.1 Å². The minimum Gasteiger partial charge on any atom is -0.357 e. The van der Waals surface area contributed by atoms with Gasteiger partial charge in [-0.1, -0.05) is 12.8 Å². The van der Waals surface area contributed by atoms with Crippen LogP contribution < -0.4 is 10.6 Å². The van der Waals surface area contributed by atoms with E-state index in [-0.39, 0.29) is 24.0 Å². The van der Waals surface area contributed by atoms with E-state index in [0.717, 1.165) is 44.7 Å². The van der Waals surface area contributed by atoms with Crippen molar-refractivity contribution in [1.29, 1.82) is 0 Å². The number of aliphatic imine (C=N–C) groups is 1. The molecule has 0 aromatic heterocycles. The zero-order valence-corrected chi connectivity index (χ0v) is 19.2. The van der Waals surface area contributed by atoms with Crippen molar-refractivity contribution in [2.75, 3.05) is 59.9 Å². The molecule has 0 amide bonds. The maximum Gasteiger partial charge on any atom is 0.191 e. The molecule has 2 aliphatic heterocycles. The van der Waals surface area contributed by atoms with Crippen molar-refractivity contribution in [3.8, 4) is 0 Å². The first-order valence-electron chi connectivity index (χ1n) is 10.3. The fourth-order valence-electron chi connectivity index (χ4n) is 4.51. The van der Waals surface area contributed by atoms with E-state index in [1.54, 1.807) is 0 Å². The third-order valence-electron chi connectivity index (χ3n) is 6.19. The summed E-state index contributed by atoms with van der Waals surface area (Å²) in [5.74, 6) is 1.00. The number of hydrogen-bond acceptors (Lipinski definition) is 4. The second-order valence-corrected chi connectivity index (χ2v) is 8.18. The lowest BCUT2D eigenvalue weighted by Crippen LogP contribution is -2.52. The van der Waals surface area contributed by atoms with Gasteiger partial charge in [0.25, 0.3) is 0 Å². The Morgan fingerprint density at radius 1 is 1.04 bits per heavy atom. The van der Waals surface area contributed by atoms with Gasteiger partial charge in [-0.15, -0.1) is 24.0 Å². The van der Waals surface area contributed by atoms with Crippen molar-refractivity contribution in [1.82, 2.24) is 25.3 Å². The summed E-state index contributed by atoms with van der Waals surface area (Å²) in [6.07, 6.45) is 6.90. The summed E-state index contributed by atoms with van der Waals surface area (Å²) in [5.41, 5.74) is 0. The van der Waals surface area contributed by atoms with E-state index < -0.39 is 0 Å². The fourth-order valence-corrected chi connectivity index (χ4v) is 4.51. The van der Waals surface area contributed by atoms with E-state index in [1.807, 2.05) is 0 Å². The minimum absolute atomic E-state index is 0. The van der Waals surface area contributed by atoms with E-state index >= 15 is 0 Å². The van der Waals surface area contributed by atoms with Crippen molar-refractivity contribution in [3.63, 3.8) is 0 Å². The zero-order chi connectivity index (χ0) is 17.6. The van der Waals surface area contributed by atoms with Crippen LogP contribution in [0.2, 0.25) is 0 Å². The summed E-state index contributed by atoms with van der Waals surface area (Å²) in [6.45, 7) is 9.78. The van der Waals surface area contributed by atoms with Gasteiger partial charge in [-0.25, -0.2) is 0 Å². The highest BCUT2D eigenvalue weighted by molar-refractivity contribution is 14.0. The van der Waals surface area contributed by atoms with Gasteiger partial charge in [-0.05, 0) is 40.3 Å². The van der Waals surface area contributed by atoms with E-state index in [2.05, 4.69) is 46.4 Å². The van der Waals surface area contributed by atoms with Crippen LogP contribution in [0.25, 0.3) is 0 Å².